The molecule has 86 valence electrons. The second kappa shape index (κ2) is 5.20. The zero-order chi connectivity index (χ0) is 10.7. The largest absolute Gasteiger partial charge is 0.340 e. The monoisotopic (exact) mass is 229 g/mol. The second-order valence-corrected chi connectivity index (χ2v) is 5.24. The molecule has 3 heteroatoms. The zero-order valence-electron chi connectivity index (χ0n) is 9.25. The van der Waals surface area contributed by atoms with E-state index in [0.29, 0.717) is 17.9 Å². The molecule has 1 aliphatic carbocycles. The number of carbonyl (C=O) groups excluding carboxylic acids is 1. The minimum Gasteiger partial charge on any atom is -0.340 e. The standard InChI is InChI=1S/C12H20ClNO/c13-7-1-3-11-4-2-8-14(11)12(15)9-10-5-6-10/h10-11H,1-9H2. The fourth-order valence-electron chi connectivity index (χ4n) is 2.46. The molecule has 1 atom stereocenters. The van der Waals surface area contributed by atoms with Gasteiger partial charge in [0.2, 0.25) is 5.91 Å². The predicted octanol–water partition coefficient (Wildman–Crippen LogP) is 2.80. The van der Waals surface area contributed by atoms with Crippen LogP contribution in [0.1, 0.15) is 44.9 Å². The van der Waals surface area contributed by atoms with Crippen LogP contribution in [0.3, 0.4) is 0 Å². The van der Waals surface area contributed by atoms with Crippen molar-refractivity contribution in [3.05, 3.63) is 0 Å². The lowest BCUT2D eigenvalue weighted by Crippen LogP contribution is -2.35. The van der Waals surface area contributed by atoms with Gasteiger partial charge in [0.15, 0.2) is 0 Å². The molecule has 2 nitrogen and oxygen atoms in total. The fraction of sp³-hybridized carbons (Fsp3) is 0.917. The van der Waals surface area contributed by atoms with E-state index in [1.165, 1.54) is 25.7 Å². The molecule has 0 bridgehead atoms. The van der Waals surface area contributed by atoms with Crippen LogP contribution in [0.2, 0.25) is 0 Å². The summed E-state index contributed by atoms with van der Waals surface area (Å²) in [6.07, 6.45) is 7.85. The summed E-state index contributed by atoms with van der Waals surface area (Å²) in [5, 5.41) is 0. The van der Waals surface area contributed by atoms with Gasteiger partial charge >= 0.3 is 0 Å². The lowest BCUT2D eigenvalue weighted by atomic mass is 10.1. The maximum absolute atomic E-state index is 12.0. The van der Waals surface area contributed by atoms with Gasteiger partial charge < -0.3 is 4.90 Å². The molecule has 0 spiro atoms. The molecule has 1 aliphatic heterocycles. The van der Waals surface area contributed by atoms with Gasteiger partial charge in [-0.05, 0) is 44.4 Å². The molecule has 1 heterocycles. The third kappa shape index (κ3) is 3.10. The summed E-state index contributed by atoms with van der Waals surface area (Å²) in [6.45, 7) is 0.985. The number of hydrogen-bond acceptors (Lipinski definition) is 1. The molecule has 1 unspecified atom stereocenters. The average molecular weight is 230 g/mol. The van der Waals surface area contributed by atoms with Crippen LogP contribution in [0, 0.1) is 5.92 Å². The number of rotatable bonds is 5. The van der Waals surface area contributed by atoms with Gasteiger partial charge in [-0.1, -0.05) is 0 Å². The van der Waals surface area contributed by atoms with Gasteiger partial charge in [0.05, 0.1) is 0 Å². The number of alkyl halides is 1. The number of nitrogens with zero attached hydrogens (tertiary/aromatic N) is 1. The van der Waals surface area contributed by atoms with Crippen molar-refractivity contribution in [2.75, 3.05) is 12.4 Å². The smallest absolute Gasteiger partial charge is 0.223 e. The van der Waals surface area contributed by atoms with E-state index in [2.05, 4.69) is 4.90 Å². The SMILES string of the molecule is O=C(CC1CC1)N1CCCC1CCCCl. The Morgan fingerprint density at radius 2 is 2.13 bits per heavy atom. The predicted molar refractivity (Wildman–Crippen MR) is 62.0 cm³/mol. The second-order valence-electron chi connectivity index (χ2n) is 4.86. The van der Waals surface area contributed by atoms with Crippen LogP contribution < -0.4 is 0 Å². The minimum absolute atomic E-state index is 0.398. The molecule has 1 saturated carbocycles. The van der Waals surface area contributed by atoms with Gasteiger partial charge in [0.25, 0.3) is 0 Å². The first-order chi connectivity index (χ1) is 7.31. The molecule has 2 aliphatic rings. The molecule has 1 amide bonds. The van der Waals surface area contributed by atoms with Gasteiger partial charge in [0, 0.05) is 24.9 Å². The maximum atomic E-state index is 12.0. The van der Waals surface area contributed by atoms with Crippen LogP contribution in [0.4, 0.5) is 0 Å². The van der Waals surface area contributed by atoms with Crippen molar-refractivity contribution in [3.63, 3.8) is 0 Å². The van der Waals surface area contributed by atoms with Crippen LogP contribution in [0.5, 0.6) is 0 Å². The molecule has 1 saturated heterocycles. The van der Waals surface area contributed by atoms with E-state index in [4.69, 9.17) is 11.6 Å². The Balaban J connectivity index is 1.79. The zero-order valence-corrected chi connectivity index (χ0v) is 10.0. The van der Waals surface area contributed by atoms with Crippen molar-refractivity contribution in [3.8, 4) is 0 Å². The number of amides is 1. The van der Waals surface area contributed by atoms with E-state index >= 15 is 0 Å². The quantitative estimate of drug-likeness (QED) is 0.664. The molecule has 0 radical (unpaired) electrons. The van der Waals surface area contributed by atoms with Crippen LogP contribution in [-0.4, -0.2) is 29.3 Å². The highest BCUT2D eigenvalue weighted by atomic mass is 35.5. The Morgan fingerprint density at radius 1 is 1.33 bits per heavy atom. The normalized spacial score (nSPS) is 25.9. The molecule has 0 aromatic rings. The van der Waals surface area contributed by atoms with Crippen molar-refractivity contribution in [1.82, 2.24) is 4.90 Å². The third-order valence-electron chi connectivity index (χ3n) is 3.53. The van der Waals surface area contributed by atoms with E-state index in [1.807, 2.05) is 0 Å². The Bertz CT molecular complexity index is 228. The highest BCUT2D eigenvalue weighted by Crippen LogP contribution is 2.34. The van der Waals surface area contributed by atoms with Gasteiger partial charge in [-0.15, -0.1) is 11.6 Å². The lowest BCUT2D eigenvalue weighted by Gasteiger charge is -2.24. The molecule has 0 N–H and O–H groups in total. The van der Waals surface area contributed by atoms with Crippen molar-refractivity contribution >= 4 is 17.5 Å². The first-order valence-electron chi connectivity index (χ1n) is 6.16. The Morgan fingerprint density at radius 3 is 2.80 bits per heavy atom. The minimum atomic E-state index is 0.398. The summed E-state index contributed by atoms with van der Waals surface area (Å²) < 4.78 is 0. The fourth-order valence-corrected chi connectivity index (χ4v) is 2.62. The topological polar surface area (TPSA) is 20.3 Å². The van der Waals surface area contributed by atoms with Crippen molar-refractivity contribution in [1.29, 1.82) is 0 Å². The summed E-state index contributed by atoms with van der Waals surface area (Å²) >= 11 is 5.70. The number of hydrogen-bond donors (Lipinski definition) is 0. The summed E-state index contributed by atoms with van der Waals surface area (Å²) in [7, 11) is 0. The van der Waals surface area contributed by atoms with E-state index in [1.54, 1.807) is 0 Å². The van der Waals surface area contributed by atoms with E-state index in [-0.39, 0.29) is 0 Å². The molecule has 2 rings (SSSR count). The summed E-state index contributed by atoms with van der Waals surface area (Å²) in [5.74, 6) is 1.84. The first-order valence-corrected chi connectivity index (χ1v) is 6.70. The van der Waals surface area contributed by atoms with Crippen molar-refractivity contribution in [2.45, 2.75) is 51.0 Å². The van der Waals surface area contributed by atoms with Crippen LogP contribution in [-0.2, 0) is 4.79 Å². The Kier molecular flexibility index (Phi) is 3.90. The van der Waals surface area contributed by atoms with E-state index in [9.17, 15) is 4.79 Å². The number of halogens is 1. The average Bonchev–Trinajstić information content (AvgIpc) is 2.91. The highest BCUT2D eigenvalue weighted by Gasteiger charge is 2.32. The lowest BCUT2D eigenvalue weighted by molar-refractivity contribution is -0.132. The van der Waals surface area contributed by atoms with Gasteiger partial charge in [-0.25, -0.2) is 0 Å². The van der Waals surface area contributed by atoms with E-state index < -0.39 is 0 Å². The molecule has 15 heavy (non-hydrogen) atoms. The summed E-state index contributed by atoms with van der Waals surface area (Å²) in [4.78, 5) is 14.1. The van der Waals surface area contributed by atoms with Crippen LogP contribution in [0.15, 0.2) is 0 Å². The van der Waals surface area contributed by atoms with Gasteiger partial charge in [0.1, 0.15) is 0 Å². The first kappa shape index (κ1) is 11.3. The van der Waals surface area contributed by atoms with Crippen molar-refractivity contribution in [2.24, 2.45) is 5.92 Å². The third-order valence-corrected chi connectivity index (χ3v) is 3.80. The summed E-state index contributed by atoms with van der Waals surface area (Å²) in [5.41, 5.74) is 0. The van der Waals surface area contributed by atoms with Crippen LogP contribution in [0.25, 0.3) is 0 Å². The van der Waals surface area contributed by atoms with E-state index in [0.717, 1.165) is 31.7 Å². The van der Waals surface area contributed by atoms with Crippen molar-refractivity contribution < 1.29 is 4.79 Å². The molecular formula is C12H20ClNO. The Hall–Kier alpha value is -0.240. The summed E-state index contributed by atoms with van der Waals surface area (Å²) in [6, 6.07) is 0.495. The van der Waals surface area contributed by atoms with Gasteiger partial charge in [-0.3, -0.25) is 4.79 Å². The molecule has 0 aromatic carbocycles. The molecular weight excluding hydrogens is 210 g/mol. The maximum Gasteiger partial charge on any atom is 0.223 e. The van der Waals surface area contributed by atoms with Crippen LogP contribution >= 0.6 is 11.6 Å². The molecule has 0 aromatic heterocycles. The Labute approximate surface area is 97.0 Å². The highest BCUT2D eigenvalue weighted by molar-refractivity contribution is 6.17. The number of carbonyl (C=O) groups is 1. The molecule has 2 fully saturated rings. The van der Waals surface area contributed by atoms with Gasteiger partial charge in [-0.2, -0.15) is 0 Å². The number of likely N-dealkylation sites (tertiary alicyclic amines) is 1.